The Morgan fingerprint density at radius 3 is 3.07 bits per heavy atom. The fourth-order valence-corrected chi connectivity index (χ4v) is 1.93. The number of nitrogens with one attached hydrogen (secondary N) is 1. The summed E-state index contributed by atoms with van der Waals surface area (Å²) < 4.78 is 0. The number of rotatable bonds is 3. The molecule has 0 atom stereocenters. The SMILES string of the molecule is Cc1csc(Cc2ncc(C=O)[nH]2)n1. The lowest BCUT2D eigenvalue weighted by Crippen LogP contribution is -1.90. The van der Waals surface area contributed by atoms with Crippen LogP contribution in [0, 0.1) is 6.92 Å². The molecule has 0 radical (unpaired) electrons. The Labute approximate surface area is 85.0 Å². The van der Waals surface area contributed by atoms with E-state index in [1.54, 1.807) is 11.3 Å². The van der Waals surface area contributed by atoms with Crippen LogP contribution in [0.2, 0.25) is 0 Å². The first-order valence-corrected chi connectivity index (χ1v) is 5.06. The first kappa shape index (κ1) is 9.08. The molecule has 0 aliphatic carbocycles. The smallest absolute Gasteiger partial charge is 0.167 e. The summed E-state index contributed by atoms with van der Waals surface area (Å²) >= 11 is 1.60. The maximum absolute atomic E-state index is 10.4. The predicted octanol–water partition coefficient (Wildman–Crippen LogP) is 1.58. The van der Waals surface area contributed by atoms with Crippen LogP contribution in [-0.4, -0.2) is 21.2 Å². The lowest BCUT2D eigenvalue weighted by Gasteiger charge is -1.90. The number of nitrogens with zero attached hydrogens (tertiary/aromatic N) is 2. The van der Waals surface area contributed by atoms with Crippen molar-refractivity contribution in [2.45, 2.75) is 13.3 Å². The molecule has 2 rings (SSSR count). The molecule has 0 saturated heterocycles. The molecular formula is C9H9N3OS. The number of aryl methyl sites for hydroxylation is 1. The molecule has 2 heterocycles. The van der Waals surface area contributed by atoms with Gasteiger partial charge in [-0.1, -0.05) is 0 Å². The van der Waals surface area contributed by atoms with Gasteiger partial charge >= 0.3 is 0 Å². The number of H-pyrrole nitrogens is 1. The van der Waals surface area contributed by atoms with E-state index in [-0.39, 0.29) is 0 Å². The maximum Gasteiger partial charge on any atom is 0.167 e. The average molecular weight is 207 g/mol. The zero-order valence-corrected chi connectivity index (χ0v) is 8.47. The van der Waals surface area contributed by atoms with Gasteiger partial charge in [0.25, 0.3) is 0 Å². The first-order valence-electron chi connectivity index (χ1n) is 4.18. The highest BCUT2D eigenvalue weighted by Gasteiger charge is 2.04. The first-order chi connectivity index (χ1) is 6.78. The van der Waals surface area contributed by atoms with Crippen LogP contribution in [0.1, 0.15) is 27.0 Å². The highest BCUT2D eigenvalue weighted by atomic mass is 32.1. The molecular weight excluding hydrogens is 198 g/mol. The third-order valence-electron chi connectivity index (χ3n) is 1.76. The summed E-state index contributed by atoms with van der Waals surface area (Å²) in [7, 11) is 0. The van der Waals surface area contributed by atoms with Gasteiger partial charge in [-0.25, -0.2) is 9.97 Å². The Balaban J connectivity index is 2.14. The van der Waals surface area contributed by atoms with E-state index in [9.17, 15) is 4.79 Å². The second-order valence-electron chi connectivity index (χ2n) is 2.96. The van der Waals surface area contributed by atoms with Crippen LogP contribution in [-0.2, 0) is 6.42 Å². The Morgan fingerprint density at radius 1 is 1.64 bits per heavy atom. The van der Waals surface area contributed by atoms with Gasteiger partial charge in [0.1, 0.15) is 10.8 Å². The van der Waals surface area contributed by atoms with Crippen molar-refractivity contribution in [2.24, 2.45) is 0 Å². The lowest BCUT2D eigenvalue weighted by molar-refractivity contribution is 0.111. The standard InChI is InChI=1S/C9H9N3OS/c1-6-5-14-9(11-6)2-8-10-3-7(4-13)12-8/h3-5H,2H2,1H3,(H,10,12). The van der Waals surface area contributed by atoms with Crippen LogP contribution >= 0.6 is 11.3 Å². The number of aromatic amines is 1. The molecule has 0 unspecified atom stereocenters. The molecule has 2 aromatic rings. The molecule has 0 aliphatic heterocycles. The second kappa shape index (κ2) is 3.71. The van der Waals surface area contributed by atoms with Gasteiger partial charge in [-0.15, -0.1) is 11.3 Å². The molecule has 0 aromatic carbocycles. The van der Waals surface area contributed by atoms with Crippen LogP contribution in [0.25, 0.3) is 0 Å². The fourth-order valence-electron chi connectivity index (χ4n) is 1.16. The third-order valence-corrected chi connectivity index (χ3v) is 2.73. The largest absolute Gasteiger partial charge is 0.339 e. The Morgan fingerprint density at radius 2 is 2.50 bits per heavy atom. The number of hydrogen-bond acceptors (Lipinski definition) is 4. The number of imidazole rings is 1. The van der Waals surface area contributed by atoms with E-state index < -0.39 is 0 Å². The van der Waals surface area contributed by atoms with Crippen molar-refractivity contribution in [2.75, 3.05) is 0 Å². The monoisotopic (exact) mass is 207 g/mol. The molecule has 0 aliphatic rings. The van der Waals surface area contributed by atoms with Gasteiger partial charge in [-0.3, -0.25) is 4.79 Å². The van der Waals surface area contributed by atoms with Crippen molar-refractivity contribution in [3.8, 4) is 0 Å². The number of thiazole rings is 1. The molecule has 2 aromatic heterocycles. The van der Waals surface area contributed by atoms with Gasteiger partial charge < -0.3 is 4.98 Å². The minimum absolute atomic E-state index is 0.508. The van der Waals surface area contributed by atoms with Crippen molar-refractivity contribution < 1.29 is 4.79 Å². The molecule has 0 amide bonds. The van der Waals surface area contributed by atoms with Gasteiger partial charge in [0.05, 0.1) is 18.3 Å². The van der Waals surface area contributed by atoms with Crippen LogP contribution in [0.3, 0.4) is 0 Å². The van der Waals surface area contributed by atoms with Crippen LogP contribution < -0.4 is 0 Å². The minimum Gasteiger partial charge on any atom is -0.339 e. The number of carbonyl (C=O) groups excluding carboxylic acids is 1. The molecule has 0 bridgehead atoms. The molecule has 0 fully saturated rings. The van der Waals surface area contributed by atoms with Crippen molar-refractivity contribution >= 4 is 17.6 Å². The molecule has 14 heavy (non-hydrogen) atoms. The Kier molecular flexibility index (Phi) is 2.41. The number of carbonyl (C=O) groups is 1. The summed E-state index contributed by atoms with van der Waals surface area (Å²) in [6.45, 7) is 1.96. The molecule has 0 saturated carbocycles. The molecule has 1 N–H and O–H groups in total. The van der Waals surface area contributed by atoms with Crippen molar-refractivity contribution in [1.29, 1.82) is 0 Å². The van der Waals surface area contributed by atoms with Crippen LogP contribution in [0.15, 0.2) is 11.6 Å². The zero-order valence-electron chi connectivity index (χ0n) is 7.65. The zero-order chi connectivity index (χ0) is 9.97. The fraction of sp³-hybridized carbons (Fsp3) is 0.222. The molecule has 0 spiro atoms. The summed E-state index contributed by atoms with van der Waals surface area (Å²) in [5, 5.41) is 3.01. The normalized spacial score (nSPS) is 10.4. The van der Waals surface area contributed by atoms with Gasteiger partial charge in [-0.05, 0) is 6.92 Å². The van der Waals surface area contributed by atoms with Crippen molar-refractivity contribution in [1.82, 2.24) is 15.0 Å². The topological polar surface area (TPSA) is 58.6 Å². The summed E-state index contributed by atoms with van der Waals surface area (Å²) in [6, 6.07) is 0. The summed E-state index contributed by atoms with van der Waals surface area (Å²) in [4.78, 5) is 21.7. The van der Waals surface area contributed by atoms with Crippen LogP contribution in [0.4, 0.5) is 0 Å². The predicted molar refractivity (Wildman–Crippen MR) is 53.6 cm³/mol. The van der Waals surface area contributed by atoms with E-state index in [1.165, 1.54) is 6.20 Å². The molecule has 72 valence electrons. The van der Waals surface area contributed by atoms with Crippen molar-refractivity contribution in [3.63, 3.8) is 0 Å². The highest BCUT2D eigenvalue weighted by Crippen LogP contribution is 2.12. The van der Waals surface area contributed by atoms with Gasteiger partial charge in [-0.2, -0.15) is 0 Å². The van der Waals surface area contributed by atoms with E-state index in [1.807, 2.05) is 12.3 Å². The Bertz CT molecular complexity index is 446. The van der Waals surface area contributed by atoms with E-state index in [0.29, 0.717) is 12.1 Å². The van der Waals surface area contributed by atoms with E-state index >= 15 is 0 Å². The Hall–Kier alpha value is -1.49. The van der Waals surface area contributed by atoms with Gasteiger partial charge in [0.15, 0.2) is 6.29 Å². The quantitative estimate of drug-likeness (QED) is 0.777. The highest BCUT2D eigenvalue weighted by molar-refractivity contribution is 7.09. The lowest BCUT2D eigenvalue weighted by atomic mass is 10.4. The molecule has 4 nitrogen and oxygen atoms in total. The average Bonchev–Trinajstić information content (AvgIpc) is 2.76. The van der Waals surface area contributed by atoms with Gasteiger partial charge in [0, 0.05) is 11.1 Å². The van der Waals surface area contributed by atoms with Crippen LogP contribution in [0.5, 0.6) is 0 Å². The summed E-state index contributed by atoms with van der Waals surface area (Å²) in [6.07, 6.45) is 2.94. The van der Waals surface area contributed by atoms with E-state index in [2.05, 4.69) is 15.0 Å². The third kappa shape index (κ3) is 1.88. The molecule has 5 heteroatoms. The number of aldehydes is 1. The van der Waals surface area contributed by atoms with E-state index in [0.717, 1.165) is 22.8 Å². The number of hydrogen-bond donors (Lipinski definition) is 1. The number of aromatic nitrogens is 3. The van der Waals surface area contributed by atoms with Gasteiger partial charge in [0.2, 0.25) is 0 Å². The van der Waals surface area contributed by atoms with Crippen molar-refractivity contribution in [3.05, 3.63) is 33.8 Å². The second-order valence-corrected chi connectivity index (χ2v) is 3.91. The maximum atomic E-state index is 10.4. The van der Waals surface area contributed by atoms with E-state index in [4.69, 9.17) is 0 Å². The minimum atomic E-state index is 0.508. The summed E-state index contributed by atoms with van der Waals surface area (Å²) in [5.74, 6) is 0.779. The summed E-state index contributed by atoms with van der Waals surface area (Å²) in [5.41, 5.74) is 1.53.